The van der Waals surface area contributed by atoms with Crippen LogP contribution in [0.4, 0.5) is 5.69 Å². The second-order valence-electron chi connectivity index (χ2n) is 8.30. The molecule has 0 radical (unpaired) electrons. The number of anilines is 1. The smallest absolute Gasteiger partial charge is 0.254 e. The Morgan fingerprint density at radius 1 is 1.00 bits per heavy atom. The van der Waals surface area contributed by atoms with E-state index in [0.29, 0.717) is 24.2 Å². The monoisotopic (exact) mass is 428 g/mol. The van der Waals surface area contributed by atoms with Crippen LogP contribution in [0.15, 0.2) is 48.5 Å². The first-order chi connectivity index (χ1) is 14.4. The van der Waals surface area contributed by atoms with Gasteiger partial charge in [0.05, 0.1) is 37.6 Å². The lowest BCUT2D eigenvalue weighted by Crippen LogP contribution is -3.13. The summed E-state index contributed by atoms with van der Waals surface area (Å²) in [5, 5.41) is 0. The highest BCUT2D eigenvalue weighted by Gasteiger charge is 2.28. The molecule has 0 spiro atoms. The SMILES string of the molecule is Cc1cc(C(=O)N2CC[NH+](Cc3ccccc3)CC2)ccc1N1CCCCS1(=O)=O. The number of sulfonamides is 1. The molecule has 160 valence electrons. The largest absolute Gasteiger partial charge is 0.328 e. The summed E-state index contributed by atoms with van der Waals surface area (Å²) in [6.07, 6.45) is 1.58. The van der Waals surface area contributed by atoms with E-state index in [1.54, 1.807) is 12.1 Å². The molecular weight excluding hydrogens is 398 g/mol. The molecule has 2 aromatic carbocycles. The van der Waals surface area contributed by atoms with Gasteiger partial charge < -0.3 is 9.80 Å². The summed E-state index contributed by atoms with van der Waals surface area (Å²) < 4.78 is 26.3. The Bertz CT molecular complexity index is 1000. The topological polar surface area (TPSA) is 62.1 Å². The van der Waals surface area contributed by atoms with E-state index in [1.807, 2.05) is 24.0 Å². The zero-order valence-electron chi connectivity index (χ0n) is 17.5. The average molecular weight is 429 g/mol. The van der Waals surface area contributed by atoms with Gasteiger partial charge in [-0.3, -0.25) is 9.10 Å². The van der Waals surface area contributed by atoms with E-state index in [1.165, 1.54) is 14.8 Å². The first-order valence-corrected chi connectivity index (χ1v) is 12.3. The lowest BCUT2D eigenvalue weighted by Gasteiger charge is -2.33. The number of aryl methyl sites for hydroxylation is 1. The van der Waals surface area contributed by atoms with Crippen LogP contribution < -0.4 is 9.21 Å². The first kappa shape index (κ1) is 20.9. The van der Waals surface area contributed by atoms with Crippen molar-refractivity contribution in [3.8, 4) is 0 Å². The molecule has 2 aromatic rings. The fourth-order valence-corrected chi connectivity index (χ4v) is 6.10. The van der Waals surface area contributed by atoms with Crippen molar-refractivity contribution in [2.24, 2.45) is 0 Å². The maximum atomic E-state index is 13.0. The van der Waals surface area contributed by atoms with E-state index in [2.05, 4.69) is 24.3 Å². The van der Waals surface area contributed by atoms with Crippen LogP contribution in [0, 0.1) is 6.92 Å². The molecule has 0 aliphatic carbocycles. The van der Waals surface area contributed by atoms with Crippen molar-refractivity contribution in [3.63, 3.8) is 0 Å². The number of carbonyl (C=O) groups is 1. The minimum Gasteiger partial charge on any atom is -0.328 e. The summed E-state index contributed by atoms with van der Waals surface area (Å²) in [5.41, 5.74) is 3.49. The lowest BCUT2D eigenvalue weighted by atomic mass is 10.1. The fourth-order valence-electron chi connectivity index (χ4n) is 4.40. The van der Waals surface area contributed by atoms with Crippen molar-refractivity contribution in [2.45, 2.75) is 26.3 Å². The Morgan fingerprint density at radius 3 is 2.40 bits per heavy atom. The van der Waals surface area contributed by atoms with E-state index < -0.39 is 10.0 Å². The number of nitrogens with zero attached hydrogens (tertiary/aromatic N) is 2. The number of rotatable bonds is 4. The van der Waals surface area contributed by atoms with E-state index in [-0.39, 0.29) is 11.7 Å². The number of nitrogens with one attached hydrogen (secondary N) is 1. The van der Waals surface area contributed by atoms with Crippen LogP contribution in [0.3, 0.4) is 0 Å². The quantitative estimate of drug-likeness (QED) is 0.802. The van der Waals surface area contributed by atoms with E-state index in [4.69, 9.17) is 0 Å². The van der Waals surface area contributed by atoms with Crippen LogP contribution in [0.5, 0.6) is 0 Å². The van der Waals surface area contributed by atoms with Gasteiger partial charge in [-0.2, -0.15) is 0 Å². The van der Waals surface area contributed by atoms with Crippen LogP contribution in [-0.4, -0.2) is 57.7 Å². The number of hydrogen-bond acceptors (Lipinski definition) is 3. The van der Waals surface area contributed by atoms with Crippen molar-refractivity contribution < 1.29 is 18.1 Å². The normalized spacial score (nSPS) is 19.6. The van der Waals surface area contributed by atoms with Gasteiger partial charge in [0.25, 0.3) is 5.91 Å². The molecule has 4 rings (SSSR count). The summed E-state index contributed by atoms with van der Waals surface area (Å²) in [7, 11) is -3.25. The van der Waals surface area contributed by atoms with Gasteiger partial charge in [-0.1, -0.05) is 30.3 Å². The average Bonchev–Trinajstić information content (AvgIpc) is 2.75. The standard InChI is InChI=1S/C23H29N3O3S/c1-19-17-21(9-10-22(19)26-11-5-6-16-30(26,28)29)23(27)25-14-12-24(13-15-25)18-20-7-3-2-4-8-20/h2-4,7-10,17H,5-6,11-16,18H2,1H3/p+1. The van der Waals surface area contributed by atoms with Crippen LogP contribution >= 0.6 is 0 Å². The van der Waals surface area contributed by atoms with Crippen molar-refractivity contribution in [1.82, 2.24) is 4.90 Å². The van der Waals surface area contributed by atoms with Gasteiger partial charge in [0.15, 0.2) is 0 Å². The van der Waals surface area contributed by atoms with Gasteiger partial charge in [0.1, 0.15) is 6.54 Å². The number of piperazine rings is 1. The number of amides is 1. The summed E-state index contributed by atoms with van der Waals surface area (Å²) >= 11 is 0. The molecule has 0 bridgehead atoms. The Kier molecular flexibility index (Phi) is 6.11. The van der Waals surface area contributed by atoms with Crippen molar-refractivity contribution in [1.29, 1.82) is 0 Å². The molecule has 2 saturated heterocycles. The molecule has 30 heavy (non-hydrogen) atoms. The van der Waals surface area contributed by atoms with Crippen LogP contribution in [0.2, 0.25) is 0 Å². The molecule has 2 heterocycles. The fraction of sp³-hybridized carbons (Fsp3) is 0.435. The Labute approximate surface area is 179 Å². The molecule has 2 aliphatic heterocycles. The maximum Gasteiger partial charge on any atom is 0.254 e. The second kappa shape index (κ2) is 8.78. The van der Waals surface area contributed by atoms with Crippen LogP contribution in [0.25, 0.3) is 0 Å². The number of quaternary nitrogens is 1. The Morgan fingerprint density at radius 2 is 1.73 bits per heavy atom. The van der Waals surface area contributed by atoms with Gasteiger partial charge in [-0.15, -0.1) is 0 Å². The molecule has 2 fully saturated rings. The molecule has 7 heteroatoms. The summed E-state index contributed by atoms with van der Waals surface area (Å²) in [6.45, 7) is 6.74. The molecular formula is C23H30N3O3S+. The Balaban J connectivity index is 1.40. The van der Waals surface area contributed by atoms with Gasteiger partial charge in [-0.05, 0) is 43.5 Å². The highest BCUT2D eigenvalue weighted by Crippen LogP contribution is 2.28. The molecule has 0 atom stereocenters. The minimum atomic E-state index is -3.25. The third-order valence-corrected chi connectivity index (χ3v) is 7.97. The molecule has 0 aromatic heterocycles. The highest BCUT2D eigenvalue weighted by molar-refractivity contribution is 7.92. The van der Waals surface area contributed by atoms with Gasteiger partial charge in [-0.25, -0.2) is 8.42 Å². The van der Waals surface area contributed by atoms with E-state index in [9.17, 15) is 13.2 Å². The molecule has 1 N–H and O–H groups in total. The van der Waals surface area contributed by atoms with Crippen molar-refractivity contribution in [3.05, 3.63) is 65.2 Å². The summed E-state index contributed by atoms with van der Waals surface area (Å²) in [4.78, 5) is 16.4. The first-order valence-electron chi connectivity index (χ1n) is 10.7. The summed E-state index contributed by atoms with van der Waals surface area (Å²) in [5.74, 6) is 0.229. The third-order valence-electron chi connectivity index (χ3n) is 6.12. The third kappa shape index (κ3) is 4.52. The number of carbonyl (C=O) groups excluding carboxylic acids is 1. The molecule has 0 unspecified atom stereocenters. The predicted molar refractivity (Wildman–Crippen MR) is 118 cm³/mol. The van der Waals surface area contributed by atoms with Gasteiger partial charge in [0, 0.05) is 17.7 Å². The second-order valence-corrected chi connectivity index (χ2v) is 10.3. The highest BCUT2D eigenvalue weighted by atomic mass is 32.2. The predicted octanol–water partition coefficient (Wildman–Crippen LogP) is 1.47. The van der Waals surface area contributed by atoms with Gasteiger partial charge >= 0.3 is 0 Å². The minimum absolute atomic E-state index is 0.0323. The van der Waals surface area contributed by atoms with Crippen molar-refractivity contribution >= 4 is 21.6 Å². The molecule has 6 nitrogen and oxygen atoms in total. The van der Waals surface area contributed by atoms with Crippen LogP contribution in [0.1, 0.15) is 34.3 Å². The Hall–Kier alpha value is -2.38. The zero-order chi connectivity index (χ0) is 21.1. The summed E-state index contributed by atoms with van der Waals surface area (Å²) in [6, 6.07) is 15.9. The number of benzene rings is 2. The number of hydrogen-bond donors (Lipinski definition) is 1. The van der Waals surface area contributed by atoms with Crippen LogP contribution in [-0.2, 0) is 16.6 Å². The van der Waals surface area contributed by atoms with Gasteiger partial charge in [0.2, 0.25) is 10.0 Å². The maximum absolute atomic E-state index is 13.0. The van der Waals surface area contributed by atoms with E-state index in [0.717, 1.165) is 44.7 Å². The molecule has 0 saturated carbocycles. The zero-order valence-corrected chi connectivity index (χ0v) is 18.3. The lowest BCUT2D eigenvalue weighted by molar-refractivity contribution is -0.917. The molecule has 2 aliphatic rings. The van der Waals surface area contributed by atoms with E-state index >= 15 is 0 Å². The molecule has 1 amide bonds. The van der Waals surface area contributed by atoms with Crippen molar-refractivity contribution in [2.75, 3.05) is 42.8 Å².